The molecule has 51 heavy (non-hydrogen) atoms. The minimum absolute atomic E-state index is 0.177. The van der Waals surface area contributed by atoms with Crippen molar-refractivity contribution in [3.05, 3.63) is 75.7 Å². The lowest BCUT2D eigenvalue weighted by Crippen LogP contribution is -2.30. The average Bonchev–Trinajstić information content (AvgIpc) is 3.46. The van der Waals surface area contributed by atoms with E-state index in [1.807, 2.05) is 44.2 Å². The van der Waals surface area contributed by atoms with Crippen molar-refractivity contribution in [2.75, 3.05) is 84.1 Å². The van der Waals surface area contributed by atoms with Gasteiger partial charge < -0.3 is 33.3 Å². The minimum Gasteiger partial charge on any atom is -0.463 e. The number of benzene rings is 2. The number of hydrogen-bond donors (Lipinski definition) is 0. The molecule has 1 aromatic heterocycles. The summed E-state index contributed by atoms with van der Waals surface area (Å²) in [6.07, 6.45) is 1.03. The second kappa shape index (κ2) is 24.1. The highest BCUT2D eigenvalue weighted by Gasteiger charge is 2.18. The maximum absolute atomic E-state index is 11.3. The highest BCUT2D eigenvalue weighted by molar-refractivity contribution is 7.16. The van der Waals surface area contributed by atoms with Crippen LogP contribution in [-0.4, -0.2) is 85.1 Å². The van der Waals surface area contributed by atoms with Crippen LogP contribution in [0, 0.1) is 36.5 Å². The van der Waals surface area contributed by atoms with Gasteiger partial charge in [0.2, 0.25) is 0 Å². The van der Waals surface area contributed by atoms with Gasteiger partial charge in [0.15, 0.2) is 5.00 Å². The van der Waals surface area contributed by atoms with E-state index in [-0.39, 0.29) is 18.7 Å². The molecule has 3 aromatic rings. The fourth-order valence-electron chi connectivity index (χ4n) is 4.90. The number of esters is 1. The standard InChI is InChI=1S/C38H49N5O7S/c1-5-10-37(44)50-24-22-48-20-18-46-16-15-45-17-19-47-21-23-49-35(31-11-8-7-9-12-31)28-43(6-2)32-13-14-34(29(3)25-32)41-42-38-33(26-39)30(4)36(27-40)51-38/h7-9,11-14,25,35H,5-6,10,15-24,28H2,1-4H3/b42-41+. The number of aryl methyl sites for hydroxylation is 1. The third-order valence-electron chi connectivity index (χ3n) is 7.68. The number of carbonyl (C=O) groups is 1. The van der Waals surface area contributed by atoms with Crippen molar-refractivity contribution < 1.29 is 33.2 Å². The first-order valence-corrected chi connectivity index (χ1v) is 18.1. The summed E-state index contributed by atoms with van der Waals surface area (Å²) in [7, 11) is 0. The number of rotatable bonds is 25. The zero-order chi connectivity index (χ0) is 36.7. The molecule has 0 saturated heterocycles. The molecule has 0 bridgehead atoms. The first-order chi connectivity index (χ1) is 24.9. The quantitative estimate of drug-likeness (QED) is 0.0489. The Morgan fingerprint density at radius 3 is 2.02 bits per heavy atom. The molecule has 1 atom stereocenters. The molecule has 0 aliphatic carbocycles. The summed E-state index contributed by atoms with van der Waals surface area (Å²) in [6.45, 7) is 13.4. The molecular weight excluding hydrogens is 671 g/mol. The van der Waals surface area contributed by atoms with Crippen molar-refractivity contribution in [1.82, 2.24) is 0 Å². The molecule has 0 spiro atoms. The number of carbonyl (C=O) groups excluding carboxylic acids is 1. The van der Waals surface area contributed by atoms with E-state index in [1.165, 1.54) is 11.3 Å². The zero-order valence-corrected chi connectivity index (χ0v) is 30.9. The van der Waals surface area contributed by atoms with Gasteiger partial charge in [-0.1, -0.05) is 37.3 Å². The lowest BCUT2D eigenvalue weighted by atomic mass is 10.1. The van der Waals surface area contributed by atoms with E-state index >= 15 is 0 Å². The van der Waals surface area contributed by atoms with Gasteiger partial charge in [0.05, 0.1) is 70.7 Å². The van der Waals surface area contributed by atoms with Crippen LogP contribution < -0.4 is 4.90 Å². The number of likely N-dealkylation sites (N-methyl/N-ethyl adjacent to an activating group) is 1. The monoisotopic (exact) mass is 719 g/mol. The molecule has 13 heteroatoms. The van der Waals surface area contributed by atoms with E-state index in [4.69, 9.17) is 28.4 Å². The number of nitrogens with zero attached hydrogens (tertiary/aromatic N) is 5. The van der Waals surface area contributed by atoms with Crippen LogP contribution in [0.15, 0.2) is 58.8 Å². The fraction of sp³-hybridized carbons (Fsp3) is 0.500. The summed E-state index contributed by atoms with van der Waals surface area (Å²) in [5.41, 5.74) is 4.77. The van der Waals surface area contributed by atoms with Gasteiger partial charge in [-0.15, -0.1) is 21.6 Å². The molecule has 2 aromatic carbocycles. The Morgan fingerprint density at radius 2 is 1.45 bits per heavy atom. The predicted molar refractivity (Wildman–Crippen MR) is 196 cm³/mol. The Bertz CT molecular complexity index is 1590. The number of azo groups is 1. The average molecular weight is 720 g/mol. The Balaban J connectivity index is 1.39. The summed E-state index contributed by atoms with van der Waals surface area (Å²) >= 11 is 1.17. The number of ether oxygens (including phenoxy) is 6. The minimum atomic E-state index is -0.196. The molecule has 1 heterocycles. The van der Waals surface area contributed by atoms with Crippen LogP contribution >= 0.6 is 11.3 Å². The van der Waals surface area contributed by atoms with E-state index in [1.54, 1.807) is 6.92 Å². The molecule has 0 aliphatic heterocycles. The number of thiophene rings is 1. The van der Waals surface area contributed by atoms with Gasteiger partial charge in [0.25, 0.3) is 0 Å². The van der Waals surface area contributed by atoms with Gasteiger partial charge in [-0.25, -0.2) is 0 Å². The topological polar surface area (TPSA) is 148 Å². The molecule has 0 fully saturated rings. The molecule has 12 nitrogen and oxygen atoms in total. The summed E-state index contributed by atoms with van der Waals surface area (Å²) < 4.78 is 33.6. The molecule has 0 aliphatic rings. The fourth-order valence-corrected chi connectivity index (χ4v) is 5.77. The SMILES string of the molecule is CCCC(=O)OCCOCCOCCOCCOCCOC(CN(CC)c1ccc(/N=N/c2sc(C#N)c(C)c2C#N)c(C)c1)c1ccccc1. The maximum atomic E-state index is 11.3. The van der Waals surface area contributed by atoms with Gasteiger partial charge in [-0.3, -0.25) is 4.79 Å². The molecule has 3 rings (SSSR count). The summed E-state index contributed by atoms with van der Waals surface area (Å²) in [5, 5.41) is 28.0. The van der Waals surface area contributed by atoms with Crippen molar-refractivity contribution in [2.24, 2.45) is 10.2 Å². The van der Waals surface area contributed by atoms with Crippen LogP contribution in [0.5, 0.6) is 0 Å². The Hall–Kier alpha value is -4.21. The first-order valence-electron chi connectivity index (χ1n) is 17.3. The van der Waals surface area contributed by atoms with Crippen LogP contribution in [0.2, 0.25) is 0 Å². The summed E-state index contributed by atoms with van der Waals surface area (Å²) in [6, 6.07) is 20.4. The molecule has 274 valence electrons. The molecule has 0 radical (unpaired) electrons. The van der Waals surface area contributed by atoms with Gasteiger partial charge in [0.1, 0.15) is 29.7 Å². The third kappa shape index (κ3) is 14.5. The predicted octanol–water partition coefficient (Wildman–Crippen LogP) is 7.52. The lowest BCUT2D eigenvalue weighted by molar-refractivity contribution is -0.145. The molecule has 1 unspecified atom stereocenters. The largest absolute Gasteiger partial charge is 0.463 e. The molecular formula is C38H49N5O7S. The summed E-state index contributed by atoms with van der Waals surface area (Å²) in [4.78, 5) is 14.0. The maximum Gasteiger partial charge on any atom is 0.305 e. The van der Waals surface area contributed by atoms with Crippen LogP contribution in [0.3, 0.4) is 0 Å². The molecule has 0 N–H and O–H groups in total. The van der Waals surface area contributed by atoms with E-state index in [0.717, 1.165) is 29.8 Å². The van der Waals surface area contributed by atoms with Crippen molar-refractivity contribution in [2.45, 2.75) is 46.6 Å². The Kier molecular flexibility index (Phi) is 19.4. The van der Waals surface area contributed by atoms with E-state index in [2.05, 4.69) is 52.4 Å². The highest BCUT2D eigenvalue weighted by Crippen LogP contribution is 2.36. The van der Waals surface area contributed by atoms with Crippen molar-refractivity contribution in [3.63, 3.8) is 0 Å². The van der Waals surface area contributed by atoms with E-state index in [0.29, 0.717) is 99.1 Å². The second-order valence-corrected chi connectivity index (χ2v) is 12.4. The normalized spacial score (nSPS) is 11.7. The van der Waals surface area contributed by atoms with Crippen LogP contribution in [0.4, 0.5) is 16.4 Å². The number of hydrogen-bond acceptors (Lipinski definition) is 13. The van der Waals surface area contributed by atoms with Crippen LogP contribution in [0.25, 0.3) is 0 Å². The van der Waals surface area contributed by atoms with Crippen LogP contribution in [0.1, 0.15) is 59.9 Å². The van der Waals surface area contributed by atoms with Crippen molar-refractivity contribution >= 4 is 33.7 Å². The van der Waals surface area contributed by atoms with Gasteiger partial charge in [-0.05, 0) is 62.1 Å². The van der Waals surface area contributed by atoms with Crippen LogP contribution in [-0.2, 0) is 33.2 Å². The van der Waals surface area contributed by atoms with Crippen molar-refractivity contribution in [1.29, 1.82) is 10.5 Å². The van der Waals surface area contributed by atoms with Gasteiger partial charge in [0, 0.05) is 25.2 Å². The molecule has 0 saturated carbocycles. The zero-order valence-electron chi connectivity index (χ0n) is 30.1. The number of nitriles is 2. The Labute approximate surface area is 305 Å². The Morgan fingerprint density at radius 1 is 0.824 bits per heavy atom. The van der Waals surface area contributed by atoms with Gasteiger partial charge in [-0.2, -0.15) is 10.5 Å². The lowest BCUT2D eigenvalue weighted by Gasteiger charge is -2.29. The summed E-state index contributed by atoms with van der Waals surface area (Å²) in [5.74, 6) is -0.196. The van der Waals surface area contributed by atoms with Crippen molar-refractivity contribution in [3.8, 4) is 12.1 Å². The van der Waals surface area contributed by atoms with E-state index < -0.39 is 0 Å². The van der Waals surface area contributed by atoms with E-state index in [9.17, 15) is 15.3 Å². The highest BCUT2D eigenvalue weighted by atomic mass is 32.1. The molecule has 0 amide bonds. The third-order valence-corrected chi connectivity index (χ3v) is 8.76. The number of anilines is 1. The van der Waals surface area contributed by atoms with Gasteiger partial charge >= 0.3 is 5.97 Å². The second-order valence-electron chi connectivity index (χ2n) is 11.4. The smallest absolute Gasteiger partial charge is 0.305 e. The first kappa shape index (κ1) is 41.2.